The van der Waals surface area contributed by atoms with Crippen molar-refractivity contribution in [1.29, 1.82) is 0 Å². The molecular weight excluding hydrogens is 276 g/mol. The van der Waals surface area contributed by atoms with Gasteiger partial charge in [0.25, 0.3) is 5.91 Å². The predicted molar refractivity (Wildman–Crippen MR) is 70.9 cm³/mol. The predicted octanol–water partition coefficient (Wildman–Crippen LogP) is 0.873. The zero-order valence-electron chi connectivity index (χ0n) is 11.2. The fourth-order valence-electron chi connectivity index (χ4n) is 2.51. The monoisotopic (exact) mass is 290 g/mol. The molecular formula is C14H14N2O5. The molecule has 0 bridgehead atoms. The minimum absolute atomic E-state index is 0.172. The van der Waals surface area contributed by atoms with Gasteiger partial charge in [0.15, 0.2) is 6.61 Å². The van der Waals surface area contributed by atoms with Gasteiger partial charge in [-0.3, -0.25) is 9.59 Å². The Morgan fingerprint density at radius 3 is 2.90 bits per heavy atom. The third kappa shape index (κ3) is 2.67. The maximum absolute atomic E-state index is 12.0. The second-order valence-corrected chi connectivity index (χ2v) is 4.89. The number of ether oxygens (including phenoxy) is 1. The van der Waals surface area contributed by atoms with E-state index in [1.165, 1.54) is 12.3 Å². The van der Waals surface area contributed by atoms with Gasteiger partial charge in [-0.2, -0.15) is 0 Å². The molecule has 0 saturated carbocycles. The van der Waals surface area contributed by atoms with Crippen molar-refractivity contribution in [3.63, 3.8) is 0 Å². The third-order valence-electron chi connectivity index (χ3n) is 3.56. The number of carbonyl (C=O) groups is 3. The van der Waals surface area contributed by atoms with E-state index < -0.39 is 6.09 Å². The molecule has 3 heterocycles. The Morgan fingerprint density at radius 1 is 1.38 bits per heavy atom. The quantitative estimate of drug-likeness (QED) is 0.772. The molecule has 3 rings (SSSR count). The number of carbonyl (C=O) groups excluding carboxylic acids is 3. The first-order valence-corrected chi connectivity index (χ1v) is 6.64. The normalized spacial score (nSPS) is 22.4. The number of furan rings is 1. The van der Waals surface area contributed by atoms with E-state index in [1.54, 1.807) is 23.1 Å². The van der Waals surface area contributed by atoms with E-state index in [0.717, 1.165) is 4.90 Å². The summed E-state index contributed by atoms with van der Waals surface area (Å²) in [5.74, 6) is 0.0803. The van der Waals surface area contributed by atoms with Crippen LogP contribution in [0.3, 0.4) is 0 Å². The minimum atomic E-state index is -0.620. The Morgan fingerprint density at radius 2 is 2.24 bits per heavy atom. The molecule has 7 nitrogen and oxygen atoms in total. The molecule has 7 heteroatoms. The fraction of sp³-hybridized carbons (Fsp3) is 0.357. The SMILES string of the molecule is O=C(/C=C/c1ccco1)N1CC[C@H](N2C(=O)COC2=O)C1. The standard InChI is InChI=1S/C14H14N2O5/c17-12(4-3-11-2-1-7-20-11)15-6-5-10(8-15)16-13(18)9-21-14(16)19/h1-4,7,10H,5-6,8-9H2/b4-3+/t10-/m0/s1. The molecule has 0 N–H and O–H groups in total. The number of nitrogens with zero attached hydrogens (tertiary/aromatic N) is 2. The van der Waals surface area contributed by atoms with Crippen molar-refractivity contribution in [2.24, 2.45) is 0 Å². The van der Waals surface area contributed by atoms with E-state index in [2.05, 4.69) is 4.74 Å². The van der Waals surface area contributed by atoms with Gasteiger partial charge in [0.2, 0.25) is 5.91 Å². The van der Waals surface area contributed by atoms with Crippen molar-refractivity contribution < 1.29 is 23.5 Å². The minimum Gasteiger partial charge on any atom is -0.465 e. The summed E-state index contributed by atoms with van der Waals surface area (Å²) < 4.78 is 9.80. The number of rotatable bonds is 3. The van der Waals surface area contributed by atoms with Crippen molar-refractivity contribution in [2.45, 2.75) is 12.5 Å². The van der Waals surface area contributed by atoms with E-state index in [-0.39, 0.29) is 24.5 Å². The Labute approximate surface area is 120 Å². The van der Waals surface area contributed by atoms with E-state index in [0.29, 0.717) is 25.3 Å². The number of hydrogen-bond acceptors (Lipinski definition) is 5. The summed E-state index contributed by atoms with van der Waals surface area (Å²) in [5, 5.41) is 0. The molecule has 0 radical (unpaired) electrons. The molecule has 1 aromatic rings. The van der Waals surface area contributed by atoms with Crippen LogP contribution in [0, 0.1) is 0 Å². The van der Waals surface area contributed by atoms with Gasteiger partial charge in [0.05, 0.1) is 12.3 Å². The fourth-order valence-corrected chi connectivity index (χ4v) is 2.51. The van der Waals surface area contributed by atoms with Gasteiger partial charge in [-0.05, 0) is 24.6 Å². The third-order valence-corrected chi connectivity index (χ3v) is 3.56. The molecule has 3 amide bonds. The summed E-state index contributed by atoms with van der Waals surface area (Å²) in [4.78, 5) is 37.8. The molecule has 0 unspecified atom stereocenters. The Hall–Kier alpha value is -2.57. The lowest BCUT2D eigenvalue weighted by Crippen LogP contribution is -2.41. The van der Waals surface area contributed by atoms with Gasteiger partial charge in [-0.1, -0.05) is 0 Å². The molecule has 21 heavy (non-hydrogen) atoms. The van der Waals surface area contributed by atoms with E-state index >= 15 is 0 Å². The zero-order chi connectivity index (χ0) is 14.8. The lowest BCUT2D eigenvalue weighted by atomic mass is 10.2. The van der Waals surface area contributed by atoms with Crippen LogP contribution in [0.5, 0.6) is 0 Å². The van der Waals surface area contributed by atoms with E-state index in [9.17, 15) is 14.4 Å². The van der Waals surface area contributed by atoms with E-state index in [1.807, 2.05) is 0 Å². The van der Waals surface area contributed by atoms with Crippen molar-refractivity contribution in [2.75, 3.05) is 19.7 Å². The van der Waals surface area contributed by atoms with Crippen molar-refractivity contribution in [1.82, 2.24) is 9.80 Å². The first-order valence-electron chi connectivity index (χ1n) is 6.64. The summed E-state index contributed by atoms with van der Waals surface area (Å²) in [7, 11) is 0. The van der Waals surface area contributed by atoms with Crippen LogP contribution < -0.4 is 0 Å². The molecule has 1 aromatic heterocycles. The van der Waals surface area contributed by atoms with Gasteiger partial charge in [0.1, 0.15) is 5.76 Å². The number of imide groups is 1. The van der Waals surface area contributed by atoms with Crippen LogP contribution in [-0.2, 0) is 14.3 Å². The number of cyclic esters (lactones) is 1. The van der Waals surface area contributed by atoms with Crippen LogP contribution in [0.4, 0.5) is 4.79 Å². The number of amides is 3. The molecule has 110 valence electrons. The van der Waals surface area contributed by atoms with Crippen LogP contribution in [0.25, 0.3) is 6.08 Å². The second-order valence-electron chi connectivity index (χ2n) is 4.89. The van der Waals surface area contributed by atoms with Gasteiger partial charge < -0.3 is 14.1 Å². The van der Waals surface area contributed by atoms with E-state index in [4.69, 9.17) is 4.42 Å². The smallest absolute Gasteiger partial charge is 0.417 e. The van der Waals surface area contributed by atoms with Crippen molar-refractivity contribution >= 4 is 24.0 Å². The lowest BCUT2D eigenvalue weighted by molar-refractivity contribution is -0.128. The maximum Gasteiger partial charge on any atom is 0.417 e. The van der Waals surface area contributed by atoms with Crippen LogP contribution in [0.1, 0.15) is 12.2 Å². The summed E-state index contributed by atoms with van der Waals surface area (Å²) >= 11 is 0. The summed E-state index contributed by atoms with van der Waals surface area (Å²) in [6.07, 6.45) is 4.49. The highest BCUT2D eigenvalue weighted by Gasteiger charge is 2.40. The van der Waals surface area contributed by atoms with Gasteiger partial charge >= 0.3 is 6.09 Å². The Balaban J connectivity index is 1.60. The highest BCUT2D eigenvalue weighted by atomic mass is 16.6. The van der Waals surface area contributed by atoms with Crippen molar-refractivity contribution in [3.05, 3.63) is 30.2 Å². The Bertz CT molecular complexity index is 577. The first kappa shape index (κ1) is 13.4. The zero-order valence-corrected chi connectivity index (χ0v) is 11.2. The molecule has 0 aromatic carbocycles. The van der Waals surface area contributed by atoms with Gasteiger partial charge in [-0.25, -0.2) is 9.69 Å². The van der Waals surface area contributed by atoms with Crippen molar-refractivity contribution in [3.8, 4) is 0 Å². The summed E-state index contributed by atoms with van der Waals surface area (Å²) in [6, 6.07) is 3.18. The highest BCUT2D eigenvalue weighted by molar-refractivity contribution is 5.98. The van der Waals surface area contributed by atoms with Gasteiger partial charge in [-0.15, -0.1) is 0 Å². The van der Waals surface area contributed by atoms with Gasteiger partial charge in [0, 0.05) is 19.2 Å². The topological polar surface area (TPSA) is 80.1 Å². The largest absolute Gasteiger partial charge is 0.465 e. The summed E-state index contributed by atoms with van der Waals surface area (Å²) in [5.41, 5.74) is 0. The lowest BCUT2D eigenvalue weighted by Gasteiger charge is -2.19. The molecule has 2 saturated heterocycles. The average molecular weight is 290 g/mol. The second kappa shape index (κ2) is 5.43. The molecule has 0 spiro atoms. The highest BCUT2D eigenvalue weighted by Crippen LogP contribution is 2.20. The maximum atomic E-state index is 12.0. The molecule has 0 aliphatic carbocycles. The molecule has 2 aliphatic heterocycles. The Kier molecular flexibility index (Phi) is 3.47. The molecule has 2 fully saturated rings. The molecule has 1 atom stereocenters. The summed E-state index contributed by atoms with van der Waals surface area (Å²) in [6.45, 7) is 0.632. The number of likely N-dealkylation sites (tertiary alicyclic amines) is 1. The van der Waals surface area contributed by atoms with Crippen LogP contribution in [0.2, 0.25) is 0 Å². The van der Waals surface area contributed by atoms with Crippen LogP contribution in [-0.4, -0.2) is 53.4 Å². The average Bonchev–Trinajstić information content (AvgIpc) is 3.18. The first-order chi connectivity index (χ1) is 10.1. The van der Waals surface area contributed by atoms with Crippen LogP contribution in [0.15, 0.2) is 28.9 Å². The number of hydrogen-bond donors (Lipinski definition) is 0. The molecule has 2 aliphatic rings. The van der Waals surface area contributed by atoms with Crippen LogP contribution >= 0.6 is 0 Å².